The minimum atomic E-state index is -1.24. The highest BCUT2D eigenvalue weighted by molar-refractivity contribution is 5.84. The number of carbonyl (C=O) groups excluding carboxylic acids is 4. The van der Waals surface area contributed by atoms with Crippen molar-refractivity contribution in [3.05, 3.63) is 72.0 Å². The highest BCUT2D eigenvalue weighted by Gasteiger charge is 2.43. The van der Waals surface area contributed by atoms with Crippen LogP contribution in [0.15, 0.2) is 72.0 Å². The van der Waals surface area contributed by atoms with Crippen molar-refractivity contribution in [2.45, 2.75) is 154 Å². The Morgan fingerprint density at radius 3 is 2.03 bits per heavy atom. The fraction of sp³-hybridized carbons (Fsp3) is 0.704. The van der Waals surface area contributed by atoms with E-state index in [9.17, 15) is 29.4 Å². The van der Waals surface area contributed by atoms with Crippen molar-refractivity contribution in [2.75, 3.05) is 56.8 Å². The molecule has 2 aliphatic heterocycles. The minimum absolute atomic E-state index is 0.0438. The van der Waals surface area contributed by atoms with E-state index in [-0.39, 0.29) is 48.4 Å². The number of Topliss-reactive ketones (excluding diaryl/α,β-unsaturated/α-hetero) is 1. The van der Waals surface area contributed by atoms with Gasteiger partial charge in [-0.3, -0.25) is 9.59 Å². The average Bonchev–Trinajstić information content (AvgIpc) is 3.34. The summed E-state index contributed by atoms with van der Waals surface area (Å²) < 4.78 is 53.1. The Morgan fingerprint density at radius 2 is 1.46 bits per heavy atom. The summed E-state index contributed by atoms with van der Waals surface area (Å²) in [6, 6.07) is 0. The van der Waals surface area contributed by atoms with Crippen molar-refractivity contribution >= 4 is 24.1 Å². The molecule has 0 aromatic rings. The molecule has 2 N–H and O–H groups in total. The third-order valence-corrected chi connectivity index (χ3v) is 14.1. The van der Waals surface area contributed by atoms with Crippen LogP contribution in [0.3, 0.4) is 0 Å². The van der Waals surface area contributed by atoms with E-state index in [2.05, 4.69) is 0 Å². The molecule has 2 rings (SSSR count). The van der Waals surface area contributed by atoms with Crippen LogP contribution in [-0.2, 0) is 61.8 Å². The fourth-order valence-corrected chi connectivity index (χ4v) is 9.43. The van der Waals surface area contributed by atoms with Crippen molar-refractivity contribution in [1.82, 2.24) is 4.90 Å². The normalized spacial score (nSPS) is 33.5. The number of amides is 1. The molecule has 0 radical (unpaired) electrons. The number of ketones is 1. The van der Waals surface area contributed by atoms with Gasteiger partial charge in [-0.1, -0.05) is 89.6 Å². The third-order valence-electron chi connectivity index (χ3n) is 14.1. The van der Waals surface area contributed by atoms with Gasteiger partial charge < -0.3 is 57.7 Å². The third kappa shape index (κ3) is 19.3. The summed E-state index contributed by atoms with van der Waals surface area (Å²) in [6.07, 6.45) is 12.5. The molecule has 70 heavy (non-hydrogen) atoms. The van der Waals surface area contributed by atoms with Crippen LogP contribution in [0.1, 0.15) is 87.0 Å². The lowest BCUT2D eigenvalue weighted by atomic mass is 9.81. The summed E-state index contributed by atoms with van der Waals surface area (Å²) in [5.74, 6) is -3.15. The monoisotopic (exact) mass is 990 g/mol. The van der Waals surface area contributed by atoms with Gasteiger partial charge >= 0.3 is 11.9 Å². The van der Waals surface area contributed by atoms with Crippen LogP contribution in [0, 0.1) is 35.5 Å². The van der Waals surface area contributed by atoms with E-state index in [0.29, 0.717) is 37.7 Å². The Morgan fingerprint density at radius 1 is 0.829 bits per heavy atom. The number of nitrogens with zero attached hydrogens (tertiary/aromatic N) is 1. The smallest absolute Gasteiger partial charge is 0.331 e. The second-order valence-corrected chi connectivity index (χ2v) is 19.1. The van der Waals surface area contributed by atoms with Crippen LogP contribution in [-0.4, -0.2) is 163 Å². The predicted octanol–water partition coefficient (Wildman–Crippen LogP) is 6.53. The molecule has 0 fully saturated rings. The Kier molecular flexibility index (Phi) is 28.7. The maximum Gasteiger partial charge on any atom is 0.331 e. The Balaban J connectivity index is 2.55. The minimum Gasteiger partial charge on any atom is -0.458 e. The lowest BCUT2D eigenvalue weighted by Crippen LogP contribution is -2.50. The van der Waals surface area contributed by atoms with Crippen LogP contribution >= 0.6 is 0 Å². The average molecular weight is 990 g/mol. The number of esters is 2. The van der Waals surface area contributed by atoms with Gasteiger partial charge in [0.2, 0.25) is 6.41 Å². The zero-order valence-electron chi connectivity index (χ0n) is 44.6. The topological polar surface area (TPSA) is 195 Å². The quantitative estimate of drug-likeness (QED) is 0.0805. The number of fused-ring (bicyclic) bond motifs is 2. The summed E-state index contributed by atoms with van der Waals surface area (Å²) in [5.41, 5.74) is 1.12. The molecule has 0 spiro atoms. The first-order chi connectivity index (χ1) is 33.2. The molecule has 0 unspecified atom stereocenters. The maximum absolute atomic E-state index is 13.7. The molecule has 0 aliphatic carbocycles. The first-order valence-corrected chi connectivity index (χ1v) is 24.5. The molecule has 2 bridgehead atoms. The zero-order chi connectivity index (χ0) is 52.7. The van der Waals surface area contributed by atoms with Gasteiger partial charge in [-0.2, -0.15) is 0 Å². The number of carbonyl (C=O) groups is 4. The molecule has 0 saturated carbocycles. The number of hydrogen-bond donors (Lipinski definition) is 2. The summed E-state index contributed by atoms with van der Waals surface area (Å²) in [7, 11) is 12.5. The zero-order valence-corrected chi connectivity index (χ0v) is 44.6. The molecule has 398 valence electrons. The van der Waals surface area contributed by atoms with Gasteiger partial charge in [0.15, 0.2) is 0 Å². The van der Waals surface area contributed by atoms with Gasteiger partial charge in [-0.25, -0.2) is 9.59 Å². The summed E-state index contributed by atoms with van der Waals surface area (Å²) >= 11 is 0. The maximum atomic E-state index is 13.7. The molecular weight excluding hydrogens is 903 g/mol. The van der Waals surface area contributed by atoms with Crippen molar-refractivity contribution in [1.29, 1.82) is 0 Å². The van der Waals surface area contributed by atoms with Crippen LogP contribution < -0.4 is 0 Å². The molecule has 17 atom stereocenters. The van der Waals surface area contributed by atoms with Crippen molar-refractivity contribution in [2.24, 2.45) is 35.5 Å². The molecule has 0 aromatic heterocycles. The van der Waals surface area contributed by atoms with Crippen LogP contribution in [0.25, 0.3) is 0 Å². The lowest BCUT2D eigenvalue weighted by Gasteiger charge is -2.39. The lowest BCUT2D eigenvalue weighted by molar-refractivity contribution is -0.162. The Bertz CT molecular complexity index is 1780. The number of hydrogen-bond acceptors (Lipinski definition) is 15. The van der Waals surface area contributed by atoms with E-state index in [0.717, 1.165) is 5.57 Å². The molecule has 0 saturated heterocycles. The standard InChI is InChI=1S/C54H87NO15/c1-33-18-16-20-48(59)69-52(39(7)51(67-14)35(3)23-26-43(57)37(5)45(64-11)19-17-27-55(8)32-56)36(4)22-25-40(62-9)29-44(58)34(2)21-24-41(63-10)30-46(65-12)38(6)53-50(61)42(31-49(60)70-53)54(68-15)47(28-33)66-13/h16-18,20-22,24-25,27,31-32,34-41,44-47,50-54,58,61H,19,23,26,28-30H2,1-15H3/b20-16+,24-21+,25-22+,27-17+,33-18+/t34-,35-,36-,37-,38+,39-,40-,41-,44-,45+,46-,47-,50-,51-,52-,53-,54-/m0/s1. The highest BCUT2D eigenvalue weighted by atomic mass is 16.6. The van der Waals surface area contributed by atoms with E-state index in [1.165, 1.54) is 31.3 Å². The van der Waals surface area contributed by atoms with Crippen molar-refractivity contribution in [3.8, 4) is 0 Å². The molecule has 0 aromatic carbocycles. The molecule has 2 heterocycles. The van der Waals surface area contributed by atoms with Crippen LogP contribution in [0.2, 0.25) is 0 Å². The molecule has 16 nitrogen and oxygen atoms in total. The number of methoxy groups -OCH3 is 7. The number of rotatable bonds is 19. The van der Waals surface area contributed by atoms with E-state index in [1.807, 2.05) is 72.8 Å². The van der Waals surface area contributed by atoms with E-state index in [1.54, 1.807) is 67.0 Å². The number of aliphatic hydroxyl groups excluding tert-OH is 2. The molecule has 1 amide bonds. The van der Waals surface area contributed by atoms with E-state index < -0.39 is 84.8 Å². The van der Waals surface area contributed by atoms with Crippen LogP contribution in [0.5, 0.6) is 0 Å². The van der Waals surface area contributed by atoms with Crippen molar-refractivity contribution < 1.29 is 72.0 Å². The number of aliphatic hydroxyl groups is 2. The predicted molar refractivity (Wildman–Crippen MR) is 267 cm³/mol. The highest BCUT2D eigenvalue weighted by Crippen LogP contribution is 2.34. The second-order valence-electron chi connectivity index (χ2n) is 19.1. The second kappa shape index (κ2) is 32.3. The fourth-order valence-electron chi connectivity index (χ4n) is 9.43. The largest absolute Gasteiger partial charge is 0.458 e. The number of cyclic esters (lactones) is 1. The van der Waals surface area contributed by atoms with Crippen LogP contribution in [0.4, 0.5) is 0 Å². The summed E-state index contributed by atoms with van der Waals surface area (Å²) in [5, 5.41) is 23.2. The van der Waals surface area contributed by atoms with Crippen molar-refractivity contribution in [3.63, 3.8) is 0 Å². The van der Waals surface area contributed by atoms with Gasteiger partial charge in [0.05, 0.1) is 42.7 Å². The first kappa shape index (κ1) is 62.3. The Hall–Kier alpha value is -3.84. The Labute approximate surface area is 418 Å². The van der Waals surface area contributed by atoms with E-state index in [4.69, 9.17) is 42.6 Å². The first-order valence-electron chi connectivity index (χ1n) is 24.5. The number of allylic oxidation sites excluding steroid dienone is 2. The molecular formula is C54H87NO15. The molecule has 16 heteroatoms. The van der Waals surface area contributed by atoms with E-state index >= 15 is 0 Å². The van der Waals surface area contributed by atoms with Gasteiger partial charge in [0.25, 0.3) is 0 Å². The van der Waals surface area contributed by atoms with Gasteiger partial charge in [0.1, 0.15) is 30.2 Å². The van der Waals surface area contributed by atoms with Gasteiger partial charge in [-0.05, 0) is 32.1 Å². The summed E-state index contributed by atoms with van der Waals surface area (Å²) in [6.45, 7) is 13.4. The van der Waals surface area contributed by atoms with Gasteiger partial charge in [-0.15, -0.1) is 0 Å². The molecule has 2 aliphatic rings. The van der Waals surface area contributed by atoms with Gasteiger partial charge in [0, 0.05) is 130 Å². The summed E-state index contributed by atoms with van der Waals surface area (Å²) in [4.78, 5) is 52.7. The SMILES string of the molecule is CO[C@H]([C@H](C)[C@H]1OC(=O)/C=C/C=C(\C)C[C@H](OC)[C@@H](OC)C2=CC(=O)O[C@@H]([C@H](C)[C@@H](OC)C[C@@H](OC)/C=C/[C@H](C)[C@@H](O)C[C@@H](OC)/C=C/[C@@H]1C)[C@H]2O)[C@@H](C)CCC(=O)[C@H](C)[C@@H](C/C=C/N(C)C=O)OC. The number of ether oxygens (including phenoxy) is 9.